The molecule has 1 amide bonds. The molecular formula is C57H65Br2Cl7N8O2. The number of fused-ring (bicyclic) bond motifs is 5. The second kappa shape index (κ2) is 29.3. The number of nitrogens with one attached hydrogen (secondary N) is 2. The number of benzene rings is 5. The van der Waals surface area contributed by atoms with Crippen LogP contribution in [0.1, 0.15) is 58.6 Å². The molecule has 8 N–H and O–H groups in total. The van der Waals surface area contributed by atoms with Gasteiger partial charge in [-0.25, -0.2) is 4.79 Å². The van der Waals surface area contributed by atoms with Crippen molar-refractivity contribution in [2.75, 3.05) is 16.0 Å². The van der Waals surface area contributed by atoms with Gasteiger partial charge in [-0.2, -0.15) is 0 Å². The van der Waals surface area contributed by atoms with E-state index >= 15 is 0 Å². The highest BCUT2D eigenvalue weighted by molar-refractivity contribution is 9.09. The van der Waals surface area contributed by atoms with E-state index in [0.29, 0.717) is 20.8 Å². The first kappa shape index (κ1) is 64.5. The van der Waals surface area contributed by atoms with Crippen LogP contribution in [0.25, 0.3) is 54.5 Å². The number of alkyl halides is 2. The first-order chi connectivity index (χ1) is 34.9. The van der Waals surface area contributed by atoms with Crippen LogP contribution in [-0.4, -0.2) is 45.6 Å². The van der Waals surface area contributed by atoms with Crippen LogP contribution in [0.15, 0.2) is 122 Å². The predicted molar refractivity (Wildman–Crippen MR) is 331 cm³/mol. The Morgan fingerprint density at radius 2 is 0.987 bits per heavy atom. The van der Waals surface area contributed by atoms with Gasteiger partial charge in [0.15, 0.2) is 0 Å². The fourth-order valence-electron chi connectivity index (χ4n) is 8.86. The minimum absolute atomic E-state index is 0. The fraction of sp³-hybridized carbons (Fsp3) is 0.281. The predicted octanol–water partition coefficient (Wildman–Crippen LogP) is 16.3. The van der Waals surface area contributed by atoms with Crippen molar-refractivity contribution in [3.63, 3.8) is 0 Å². The Labute approximate surface area is 498 Å². The number of aromatic amines is 1. The quantitative estimate of drug-likeness (QED) is 0.0960. The first-order valence-corrected chi connectivity index (χ1v) is 28.3. The van der Waals surface area contributed by atoms with Crippen molar-refractivity contribution >= 4 is 173 Å². The van der Waals surface area contributed by atoms with Gasteiger partial charge in [-0.1, -0.05) is 151 Å². The van der Waals surface area contributed by atoms with Gasteiger partial charge in [-0.3, -0.25) is 5.32 Å². The molecule has 5 aromatic carbocycles. The Morgan fingerprint density at radius 3 is 1.50 bits per heavy atom. The lowest BCUT2D eigenvalue weighted by Gasteiger charge is -2.20. The molecule has 0 aliphatic heterocycles. The highest BCUT2D eigenvalue weighted by atomic mass is 79.9. The molecule has 0 aliphatic rings. The number of quaternary nitrogens is 1. The molecular weight excluding hydrogens is 1240 g/mol. The van der Waals surface area contributed by atoms with Crippen molar-refractivity contribution in [1.82, 2.24) is 29.4 Å². The summed E-state index contributed by atoms with van der Waals surface area (Å²) in [5.41, 5.74) is 12.9. The van der Waals surface area contributed by atoms with Crippen LogP contribution in [-0.2, 0) is 30.9 Å². The van der Waals surface area contributed by atoms with Gasteiger partial charge < -0.3 is 52.3 Å². The number of aryl methyl sites for hydroxylation is 6. The number of hydrogen-bond acceptors (Lipinski definition) is 3. The number of aromatic nitrogens is 5. The van der Waals surface area contributed by atoms with E-state index in [-0.39, 0.29) is 26.0 Å². The van der Waals surface area contributed by atoms with Crippen LogP contribution in [0.4, 0.5) is 16.2 Å². The number of H-pyrrole nitrogens is 1. The third-order valence-corrected chi connectivity index (χ3v) is 14.9. The number of rotatable bonds is 11. The third-order valence-electron chi connectivity index (χ3n) is 12.0. The van der Waals surface area contributed by atoms with Gasteiger partial charge >= 0.3 is 6.09 Å². The van der Waals surface area contributed by atoms with Crippen LogP contribution >= 0.6 is 101 Å². The van der Waals surface area contributed by atoms with Crippen molar-refractivity contribution < 1.29 is 27.7 Å². The maximum Gasteiger partial charge on any atom is 0.412 e. The second-order valence-electron chi connectivity index (χ2n) is 18.5. The summed E-state index contributed by atoms with van der Waals surface area (Å²) >= 11 is 44.5. The van der Waals surface area contributed by atoms with E-state index in [1.54, 1.807) is 0 Å². The molecule has 10 rings (SSSR count). The molecule has 0 aliphatic carbocycles. The summed E-state index contributed by atoms with van der Waals surface area (Å²) < 4.78 is 14.1. The molecule has 0 bridgehead atoms. The van der Waals surface area contributed by atoms with Gasteiger partial charge in [-0.05, 0) is 114 Å². The molecule has 0 saturated carbocycles. The number of anilines is 1. The molecule has 0 atom stereocenters. The standard InChI is InChI=1S/C25H27Cl2N3O2.C19H16Cl3N3.C9H8ClN.C3H6Br2.CH4.ClH.H3N/c1-16-8-5-10-20-22(16)17(26)14-29(20)12-7-13-30-15-18(27)23-19(9-6-11-21(23)30)28-24(31)32-25(2,3)4;20-12-4-1-6-16-18(12)13(21)10-24(16)8-3-9-25-11-14(22)19-15(23)5-2-7-17(19)25;1-6-3-2-4-8-9(6)7(10)5-11-8;4-2-1-3-5;;;/h5-6,8-11,14-15H,7,12-13H2,1-4H3,(H,28,31);1-2,4-7,10-11H,3,8-9,23H2;2-5,11H,1H3;1-3H2;1H4;1H;1H3. The first-order valence-electron chi connectivity index (χ1n) is 23.8. The van der Waals surface area contributed by atoms with E-state index in [9.17, 15) is 4.79 Å². The maximum atomic E-state index is 12.3. The summed E-state index contributed by atoms with van der Waals surface area (Å²) in [6.07, 6.45) is 12.2. The summed E-state index contributed by atoms with van der Waals surface area (Å²) in [4.78, 5) is 15.4. The minimum Gasteiger partial charge on any atom is -1.00 e. The zero-order valence-electron chi connectivity index (χ0n) is 42.3. The topological polar surface area (TPSA) is 136 Å². The van der Waals surface area contributed by atoms with E-state index in [1.165, 1.54) is 17.5 Å². The number of nitrogens with zero attached hydrogens (tertiary/aromatic N) is 4. The molecule has 0 fully saturated rings. The summed E-state index contributed by atoms with van der Waals surface area (Å²) in [5, 5.41) is 14.4. The summed E-state index contributed by atoms with van der Waals surface area (Å²) in [6, 6.07) is 30.0. The Bertz CT molecular complexity index is 3430. The van der Waals surface area contributed by atoms with Crippen LogP contribution in [0, 0.1) is 13.8 Å². The van der Waals surface area contributed by atoms with Crippen LogP contribution in [0.3, 0.4) is 0 Å². The van der Waals surface area contributed by atoms with Crippen molar-refractivity contribution in [2.24, 2.45) is 0 Å². The maximum absolute atomic E-state index is 12.3. The lowest BCUT2D eigenvalue weighted by atomic mass is 10.1. The summed E-state index contributed by atoms with van der Waals surface area (Å²) in [5.74, 6) is 0. The molecule has 10 aromatic rings. The molecule has 408 valence electrons. The zero-order chi connectivity index (χ0) is 52.6. The molecule has 10 nitrogen and oxygen atoms in total. The number of halogens is 9. The number of carbonyl (C=O) groups is 1. The number of carbonyl (C=O) groups excluding carboxylic acids is 1. The average molecular weight is 1300 g/mol. The van der Waals surface area contributed by atoms with Crippen molar-refractivity contribution in [2.45, 2.75) is 93.1 Å². The Balaban J connectivity index is 0.000000250. The molecule has 19 heteroatoms. The molecule has 0 unspecified atom stereocenters. The molecule has 5 aromatic heterocycles. The van der Waals surface area contributed by atoms with Crippen molar-refractivity contribution in [1.29, 1.82) is 0 Å². The van der Waals surface area contributed by atoms with E-state index in [0.717, 1.165) is 125 Å². The Hall–Kier alpha value is -4.02. The lowest BCUT2D eigenvalue weighted by molar-refractivity contribution is -0.252. The number of hydrogen-bond donors (Lipinski definition) is 4. The van der Waals surface area contributed by atoms with Crippen LogP contribution < -0.4 is 29.6 Å². The SMILES string of the molecule is BrCCCBr.C.Cc1cccc2[nH]cc(Cl)c12.Cc1cccc2c1c(Cl)cn2CCCn1cc(Cl)c2c(NC(=O)OC(C)(C)C)cccc21.N.[Cl-].[NH3+]c1cccc2c1c(Cl)cn2CCCn1cc(Cl)c2c(Cl)cccc21. The van der Waals surface area contributed by atoms with E-state index in [2.05, 4.69) is 110 Å². The molecule has 0 spiro atoms. The van der Waals surface area contributed by atoms with Gasteiger partial charge in [0, 0.05) is 100 Å². The molecule has 5 heterocycles. The Kier molecular flexibility index (Phi) is 24.8. The van der Waals surface area contributed by atoms with E-state index in [4.69, 9.17) is 74.3 Å². The smallest absolute Gasteiger partial charge is 0.412 e. The summed E-state index contributed by atoms with van der Waals surface area (Å²) in [6.45, 7) is 13.0. The van der Waals surface area contributed by atoms with Gasteiger partial charge in [-0.15, -0.1) is 0 Å². The van der Waals surface area contributed by atoms with Gasteiger partial charge in [0.05, 0.1) is 57.8 Å². The normalized spacial score (nSPS) is 11.0. The second-order valence-corrected chi connectivity index (χ2v) is 22.5. The fourth-order valence-corrected chi connectivity index (χ4v) is 12.1. The molecule has 76 heavy (non-hydrogen) atoms. The molecule has 0 saturated heterocycles. The van der Waals surface area contributed by atoms with Gasteiger partial charge in [0.1, 0.15) is 11.3 Å². The largest absolute Gasteiger partial charge is 1.00 e. The lowest BCUT2D eigenvalue weighted by Crippen LogP contribution is -3.00. The zero-order valence-corrected chi connectivity index (χ0v) is 50.8. The van der Waals surface area contributed by atoms with Gasteiger partial charge in [0.2, 0.25) is 0 Å². The van der Waals surface area contributed by atoms with Crippen LogP contribution in [0.5, 0.6) is 0 Å². The van der Waals surface area contributed by atoms with E-state index < -0.39 is 11.7 Å². The Morgan fingerprint density at radius 1 is 0.566 bits per heavy atom. The monoisotopic (exact) mass is 1300 g/mol. The van der Waals surface area contributed by atoms with Crippen molar-refractivity contribution in [3.8, 4) is 0 Å². The minimum atomic E-state index is -0.572. The van der Waals surface area contributed by atoms with Crippen molar-refractivity contribution in [3.05, 3.63) is 163 Å². The number of amides is 1. The van der Waals surface area contributed by atoms with Crippen LogP contribution in [0.2, 0.25) is 30.1 Å². The highest BCUT2D eigenvalue weighted by Gasteiger charge is 2.19. The number of ether oxygens (including phenoxy) is 1. The summed E-state index contributed by atoms with van der Waals surface area (Å²) in [7, 11) is 0. The van der Waals surface area contributed by atoms with Gasteiger partial charge in [0.25, 0.3) is 0 Å². The highest BCUT2D eigenvalue weighted by Crippen LogP contribution is 2.36. The average Bonchev–Trinajstić information content (AvgIpc) is 4.14. The third kappa shape index (κ3) is 15.6. The van der Waals surface area contributed by atoms with E-state index in [1.807, 2.05) is 112 Å². The molecule has 0 radical (unpaired) electrons.